The molecular weight excluding hydrogens is 288 g/mol. The minimum absolute atomic E-state index is 0.125. The van der Waals surface area contributed by atoms with E-state index < -0.39 is 0 Å². The summed E-state index contributed by atoms with van der Waals surface area (Å²) in [6, 6.07) is 13.4. The van der Waals surface area contributed by atoms with Crippen molar-refractivity contribution in [3.63, 3.8) is 0 Å². The van der Waals surface area contributed by atoms with Crippen LogP contribution in [0.2, 0.25) is 0 Å². The number of carbonyl (C=O) groups is 1. The molecule has 2 aromatic carbocycles. The van der Waals surface area contributed by atoms with E-state index in [1.54, 1.807) is 0 Å². The molecule has 0 aromatic heterocycles. The van der Waals surface area contributed by atoms with Crippen molar-refractivity contribution in [3.05, 3.63) is 59.2 Å². The number of carbonyl (C=O) groups excluding carboxylic acids is 1. The molecule has 4 nitrogen and oxygen atoms in total. The Morgan fingerprint density at radius 2 is 1.78 bits per heavy atom. The number of ether oxygens (including phenoxy) is 1. The summed E-state index contributed by atoms with van der Waals surface area (Å²) in [6.07, 6.45) is 0. The molecule has 0 aliphatic rings. The lowest BCUT2D eigenvalue weighted by Gasteiger charge is -2.12. The van der Waals surface area contributed by atoms with E-state index in [1.807, 2.05) is 56.3 Å². The normalized spacial score (nSPS) is 10.5. The van der Waals surface area contributed by atoms with Crippen LogP contribution in [-0.4, -0.2) is 12.8 Å². The Hall–Kier alpha value is -2.49. The average molecular weight is 312 g/mol. The maximum absolute atomic E-state index is 11.9. The molecule has 0 unspecified atom stereocenters. The number of hydrogen-bond acceptors (Lipinski definition) is 2. The van der Waals surface area contributed by atoms with Crippen molar-refractivity contribution in [1.29, 1.82) is 0 Å². The third-order valence-electron chi connectivity index (χ3n) is 3.85. The van der Waals surface area contributed by atoms with Crippen LogP contribution in [0.1, 0.15) is 36.5 Å². The van der Waals surface area contributed by atoms with Crippen LogP contribution >= 0.6 is 0 Å². The van der Waals surface area contributed by atoms with Crippen molar-refractivity contribution in [2.45, 2.75) is 33.6 Å². The van der Waals surface area contributed by atoms with E-state index in [0.29, 0.717) is 5.92 Å². The molecule has 0 fully saturated rings. The van der Waals surface area contributed by atoms with Gasteiger partial charge in [-0.1, -0.05) is 38.1 Å². The molecule has 2 amide bonds. The first kappa shape index (κ1) is 16.9. The first-order valence-corrected chi connectivity index (χ1v) is 7.81. The van der Waals surface area contributed by atoms with Crippen LogP contribution in [0, 0.1) is 13.8 Å². The number of amides is 2. The summed E-state index contributed by atoms with van der Waals surface area (Å²) in [5.74, 6) is 1.26. The predicted octanol–water partition coefficient (Wildman–Crippen LogP) is 4.58. The molecule has 0 saturated heterocycles. The smallest absolute Gasteiger partial charge is 0.321 e. The molecule has 0 atom stereocenters. The monoisotopic (exact) mass is 312 g/mol. The van der Waals surface area contributed by atoms with Gasteiger partial charge in [0.2, 0.25) is 0 Å². The largest absolute Gasteiger partial charge is 0.473 e. The summed E-state index contributed by atoms with van der Waals surface area (Å²) < 4.78 is 5.60. The standard InChI is InChI=1S/C19H24N2O2/c1-13(2)16-8-10-17(11-9-16)21-19(22)20-12-23-18-7-5-6-14(3)15(18)4/h5-11,13H,12H2,1-4H3,(H2,20,21,22). The lowest BCUT2D eigenvalue weighted by atomic mass is 10.0. The van der Waals surface area contributed by atoms with E-state index in [9.17, 15) is 4.79 Å². The summed E-state index contributed by atoms with van der Waals surface area (Å²) in [4.78, 5) is 11.9. The van der Waals surface area contributed by atoms with Crippen molar-refractivity contribution in [2.75, 3.05) is 12.0 Å². The van der Waals surface area contributed by atoms with E-state index >= 15 is 0 Å². The van der Waals surface area contributed by atoms with Crippen LogP contribution in [0.15, 0.2) is 42.5 Å². The number of nitrogens with one attached hydrogen (secondary N) is 2. The second kappa shape index (κ2) is 7.68. The molecule has 23 heavy (non-hydrogen) atoms. The molecule has 0 spiro atoms. The van der Waals surface area contributed by atoms with Gasteiger partial charge in [-0.3, -0.25) is 0 Å². The SMILES string of the molecule is Cc1cccc(OCNC(=O)Nc2ccc(C(C)C)cc2)c1C. The van der Waals surface area contributed by atoms with Gasteiger partial charge in [-0.05, 0) is 54.7 Å². The van der Waals surface area contributed by atoms with Crippen LogP contribution in [0.5, 0.6) is 5.75 Å². The molecule has 0 aliphatic carbocycles. The number of aryl methyl sites for hydroxylation is 1. The zero-order valence-corrected chi connectivity index (χ0v) is 14.1. The molecule has 0 heterocycles. The highest BCUT2D eigenvalue weighted by Gasteiger charge is 2.05. The lowest BCUT2D eigenvalue weighted by Crippen LogP contribution is -2.32. The van der Waals surface area contributed by atoms with E-state index in [0.717, 1.165) is 22.6 Å². The molecule has 0 bridgehead atoms. The van der Waals surface area contributed by atoms with Gasteiger partial charge in [0, 0.05) is 5.69 Å². The van der Waals surface area contributed by atoms with Gasteiger partial charge in [0.25, 0.3) is 0 Å². The van der Waals surface area contributed by atoms with E-state index in [-0.39, 0.29) is 12.8 Å². The zero-order valence-electron chi connectivity index (χ0n) is 14.1. The Morgan fingerprint density at radius 3 is 2.43 bits per heavy atom. The third kappa shape index (κ3) is 4.74. The first-order chi connectivity index (χ1) is 11.0. The molecule has 0 aliphatic heterocycles. The summed E-state index contributed by atoms with van der Waals surface area (Å²) in [7, 11) is 0. The Balaban J connectivity index is 1.82. The number of anilines is 1. The molecular formula is C19H24N2O2. The van der Waals surface area contributed by atoms with Gasteiger partial charge < -0.3 is 15.4 Å². The van der Waals surface area contributed by atoms with Gasteiger partial charge in [0.15, 0.2) is 6.73 Å². The maximum atomic E-state index is 11.9. The fourth-order valence-corrected chi connectivity index (χ4v) is 2.19. The Labute approximate surface area is 137 Å². The van der Waals surface area contributed by atoms with Crippen molar-refractivity contribution in [1.82, 2.24) is 5.32 Å². The molecule has 2 N–H and O–H groups in total. The molecule has 0 saturated carbocycles. The zero-order chi connectivity index (χ0) is 16.8. The number of benzene rings is 2. The highest BCUT2D eigenvalue weighted by atomic mass is 16.5. The second-order valence-corrected chi connectivity index (χ2v) is 5.89. The van der Waals surface area contributed by atoms with Gasteiger partial charge >= 0.3 is 6.03 Å². The van der Waals surface area contributed by atoms with Gasteiger partial charge in [0.1, 0.15) is 5.75 Å². The minimum atomic E-state index is -0.285. The van der Waals surface area contributed by atoms with Crippen LogP contribution in [0.25, 0.3) is 0 Å². The fraction of sp³-hybridized carbons (Fsp3) is 0.316. The van der Waals surface area contributed by atoms with Crippen LogP contribution in [0.4, 0.5) is 10.5 Å². The van der Waals surface area contributed by atoms with E-state index in [1.165, 1.54) is 5.56 Å². The molecule has 4 heteroatoms. The number of hydrogen-bond donors (Lipinski definition) is 2. The maximum Gasteiger partial charge on any atom is 0.321 e. The van der Waals surface area contributed by atoms with Crippen molar-refractivity contribution in [3.8, 4) is 5.75 Å². The highest BCUT2D eigenvalue weighted by molar-refractivity contribution is 5.89. The lowest BCUT2D eigenvalue weighted by molar-refractivity contribution is 0.234. The van der Waals surface area contributed by atoms with E-state index in [4.69, 9.17) is 4.74 Å². The Kier molecular flexibility index (Phi) is 5.63. The summed E-state index contributed by atoms with van der Waals surface area (Å²) in [5, 5.41) is 5.48. The number of rotatable bonds is 5. The van der Waals surface area contributed by atoms with Crippen molar-refractivity contribution < 1.29 is 9.53 Å². The van der Waals surface area contributed by atoms with E-state index in [2.05, 4.69) is 24.5 Å². The number of urea groups is 1. The molecule has 122 valence electrons. The molecule has 2 aromatic rings. The van der Waals surface area contributed by atoms with Crippen molar-refractivity contribution >= 4 is 11.7 Å². The van der Waals surface area contributed by atoms with Crippen LogP contribution in [0.3, 0.4) is 0 Å². The predicted molar refractivity (Wildman–Crippen MR) is 94.1 cm³/mol. The Morgan fingerprint density at radius 1 is 1.09 bits per heavy atom. The van der Waals surface area contributed by atoms with Crippen LogP contribution in [-0.2, 0) is 0 Å². The minimum Gasteiger partial charge on any atom is -0.473 e. The van der Waals surface area contributed by atoms with Crippen LogP contribution < -0.4 is 15.4 Å². The quantitative estimate of drug-likeness (QED) is 0.794. The Bertz CT molecular complexity index is 664. The van der Waals surface area contributed by atoms with Gasteiger partial charge in [0.05, 0.1) is 0 Å². The first-order valence-electron chi connectivity index (χ1n) is 7.81. The van der Waals surface area contributed by atoms with Crippen molar-refractivity contribution in [2.24, 2.45) is 0 Å². The molecule has 0 radical (unpaired) electrons. The highest BCUT2D eigenvalue weighted by Crippen LogP contribution is 2.20. The van der Waals surface area contributed by atoms with Gasteiger partial charge in [-0.2, -0.15) is 0 Å². The summed E-state index contributed by atoms with van der Waals surface area (Å²) >= 11 is 0. The second-order valence-electron chi connectivity index (χ2n) is 5.89. The van der Waals surface area contributed by atoms with Gasteiger partial charge in [-0.25, -0.2) is 4.79 Å². The fourth-order valence-electron chi connectivity index (χ4n) is 2.19. The van der Waals surface area contributed by atoms with Gasteiger partial charge in [-0.15, -0.1) is 0 Å². The average Bonchev–Trinajstić information content (AvgIpc) is 2.52. The third-order valence-corrected chi connectivity index (χ3v) is 3.85. The molecule has 2 rings (SSSR count). The summed E-state index contributed by atoms with van der Waals surface area (Å²) in [6.45, 7) is 8.43. The topological polar surface area (TPSA) is 50.4 Å². The summed E-state index contributed by atoms with van der Waals surface area (Å²) in [5.41, 5.74) is 4.25.